The minimum Gasteiger partial charge on any atom is -0.379 e. The Labute approximate surface area is 69.3 Å². The van der Waals surface area contributed by atoms with Crippen LogP contribution in [0, 0.1) is 0 Å². The molecule has 0 radical (unpaired) electrons. The Morgan fingerprint density at radius 1 is 1.45 bits per heavy atom. The molecular formula is C8H20N2O. The Kier molecular flexibility index (Phi) is 7.89. The molecule has 0 bridgehead atoms. The Hall–Kier alpha value is -0.120. The fourth-order valence-corrected chi connectivity index (χ4v) is 0.707. The largest absolute Gasteiger partial charge is 0.379 e. The lowest BCUT2D eigenvalue weighted by molar-refractivity contribution is 0.141. The first-order chi connectivity index (χ1) is 5.31. The van der Waals surface area contributed by atoms with Crippen molar-refractivity contribution in [2.45, 2.75) is 26.3 Å². The molecule has 1 unspecified atom stereocenters. The third-order valence-corrected chi connectivity index (χ3v) is 1.61. The second kappa shape index (κ2) is 7.98. The number of rotatable bonds is 7. The number of nitrogens with two attached hydrogens (primary N) is 1. The Balaban J connectivity index is 2.89. The summed E-state index contributed by atoms with van der Waals surface area (Å²) < 4.78 is 5.19. The molecule has 0 aromatic rings. The molecule has 3 N–H and O–H groups in total. The lowest BCUT2D eigenvalue weighted by Crippen LogP contribution is -2.29. The average Bonchev–Trinajstić information content (AvgIpc) is 2.04. The van der Waals surface area contributed by atoms with E-state index in [0.717, 1.165) is 19.6 Å². The van der Waals surface area contributed by atoms with Crippen molar-refractivity contribution in [2.24, 2.45) is 5.73 Å². The van der Waals surface area contributed by atoms with E-state index in [1.165, 1.54) is 0 Å². The van der Waals surface area contributed by atoms with Gasteiger partial charge in [-0.15, -0.1) is 0 Å². The predicted molar refractivity (Wildman–Crippen MR) is 47.6 cm³/mol. The second-order valence-corrected chi connectivity index (χ2v) is 2.66. The minimum absolute atomic E-state index is 0.594. The maximum Gasteiger partial charge on any atom is 0.0591 e. The first-order valence-electron chi connectivity index (χ1n) is 4.32. The third-order valence-electron chi connectivity index (χ3n) is 1.61. The lowest BCUT2D eigenvalue weighted by atomic mass is 10.3. The number of hydrogen-bond acceptors (Lipinski definition) is 3. The highest BCUT2D eigenvalue weighted by molar-refractivity contribution is 4.55. The van der Waals surface area contributed by atoms with Crippen molar-refractivity contribution in [3.05, 3.63) is 0 Å². The van der Waals surface area contributed by atoms with Crippen LogP contribution in [-0.2, 0) is 4.74 Å². The molecule has 3 heteroatoms. The zero-order valence-electron chi connectivity index (χ0n) is 7.60. The first kappa shape index (κ1) is 10.9. The van der Waals surface area contributed by atoms with Gasteiger partial charge in [0.25, 0.3) is 0 Å². The van der Waals surface area contributed by atoms with Gasteiger partial charge in [0, 0.05) is 19.1 Å². The summed E-state index contributed by atoms with van der Waals surface area (Å²) in [4.78, 5) is 0. The summed E-state index contributed by atoms with van der Waals surface area (Å²) in [6.07, 6.45) is 1.16. The van der Waals surface area contributed by atoms with Crippen LogP contribution in [0.4, 0.5) is 0 Å². The van der Waals surface area contributed by atoms with Crippen LogP contribution in [0.25, 0.3) is 0 Å². The minimum atomic E-state index is 0.594. The van der Waals surface area contributed by atoms with Crippen LogP contribution in [0.1, 0.15) is 20.3 Å². The summed E-state index contributed by atoms with van der Waals surface area (Å²) in [5, 5.41) is 3.33. The summed E-state index contributed by atoms with van der Waals surface area (Å²) in [6.45, 7) is 7.31. The highest BCUT2D eigenvalue weighted by Gasteiger charge is 1.94. The van der Waals surface area contributed by atoms with Crippen molar-refractivity contribution in [3.63, 3.8) is 0 Å². The van der Waals surface area contributed by atoms with Crippen molar-refractivity contribution in [1.29, 1.82) is 0 Å². The zero-order valence-corrected chi connectivity index (χ0v) is 7.60. The number of hydrogen-bond donors (Lipinski definition) is 2. The van der Waals surface area contributed by atoms with Gasteiger partial charge >= 0.3 is 0 Å². The monoisotopic (exact) mass is 160 g/mol. The number of ether oxygens (including phenoxy) is 1. The molecule has 68 valence electrons. The fraction of sp³-hybridized carbons (Fsp3) is 1.00. The quantitative estimate of drug-likeness (QED) is 0.528. The molecule has 0 aliphatic carbocycles. The standard InChI is InChI=1S/C8H20N2O/c1-3-8(2)10-5-7-11-6-4-9/h8,10H,3-7,9H2,1-2H3. The molecule has 0 fully saturated rings. The molecule has 0 aliphatic rings. The van der Waals surface area contributed by atoms with Gasteiger partial charge in [-0.2, -0.15) is 0 Å². The van der Waals surface area contributed by atoms with Crippen LogP contribution < -0.4 is 11.1 Å². The van der Waals surface area contributed by atoms with Crippen LogP contribution in [-0.4, -0.2) is 32.3 Å². The summed E-state index contributed by atoms with van der Waals surface area (Å²) in [5.41, 5.74) is 5.25. The van der Waals surface area contributed by atoms with Crippen molar-refractivity contribution in [3.8, 4) is 0 Å². The van der Waals surface area contributed by atoms with Gasteiger partial charge < -0.3 is 15.8 Å². The molecule has 0 aromatic heterocycles. The van der Waals surface area contributed by atoms with Gasteiger partial charge in [0.05, 0.1) is 13.2 Å². The van der Waals surface area contributed by atoms with Crippen molar-refractivity contribution < 1.29 is 4.74 Å². The molecule has 1 atom stereocenters. The van der Waals surface area contributed by atoms with Gasteiger partial charge in [0.1, 0.15) is 0 Å². The molecule has 11 heavy (non-hydrogen) atoms. The van der Waals surface area contributed by atoms with Crippen LogP contribution >= 0.6 is 0 Å². The van der Waals surface area contributed by atoms with Crippen molar-refractivity contribution >= 4 is 0 Å². The molecule has 0 amide bonds. The SMILES string of the molecule is CCC(C)NCCOCCN. The molecule has 0 saturated heterocycles. The van der Waals surface area contributed by atoms with Gasteiger partial charge in [-0.05, 0) is 13.3 Å². The van der Waals surface area contributed by atoms with E-state index in [4.69, 9.17) is 10.5 Å². The maximum atomic E-state index is 5.25. The highest BCUT2D eigenvalue weighted by Crippen LogP contribution is 1.85. The van der Waals surface area contributed by atoms with E-state index in [-0.39, 0.29) is 0 Å². The van der Waals surface area contributed by atoms with E-state index < -0.39 is 0 Å². The van der Waals surface area contributed by atoms with Gasteiger partial charge in [-0.25, -0.2) is 0 Å². The number of nitrogens with one attached hydrogen (secondary N) is 1. The van der Waals surface area contributed by atoms with Gasteiger partial charge in [0.15, 0.2) is 0 Å². The van der Waals surface area contributed by atoms with Gasteiger partial charge in [-0.1, -0.05) is 6.92 Å². The molecule has 0 rings (SSSR count). The van der Waals surface area contributed by atoms with E-state index in [2.05, 4.69) is 19.2 Å². The normalized spacial score (nSPS) is 13.4. The Bertz CT molecular complexity index is 78.5. The Morgan fingerprint density at radius 3 is 2.73 bits per heavy atom. The van der Waals surface area contributed by atoms with Crippen LogP contribution in [0.15, 0.2) is 0 Å². The summed E-state index contributed by atoms with van der Waals surface area (Å²) in [5.74, 6) is 0. The smallest absolute Gasteiger partial charge is 0.0591 e. The Morgan fingerprint density at radius 2 is 2.18 bits per heavy atom. The van der Waals surface area contributed by atoms with E-state index in [9.17, 15) is 0 Å². The molecule has 3 nitrogen and oxygen atoms in total. The predicted octanol–water partition coefficient (Wildman–Crippen LogP) is 0.350. The van der Waals surface area contributed by atoms with E-state index in [1.807, 2.05) is 0 Å². The van der Waals surface area contributed by atoms with E-state index in [1.54, 1.807) is 0 Å². The third kappa shape index (κ3) is 7.78. The van der Waals surface area contributed by atoms with E-state index >= 15 is 0 Å². The maximum absolute atomic E-state index is 5.25. The van der Waals surface area contributed by atoms with Gasteiger partial charge in [0.2, 0.25) is 0 Å². The molecular weight excluding hydrogens is 140 g/mol. The van der Waals surface area contributed by atoms with Crippen LogP contribution in [0.5, 0.6) is 0 Å². The van der Waals surface area contributed by atoms with Crippen LogP contribution in [0.3, 0.4) is 0 Å². The lowest BCUT2D eigenvalue weighted by Gasteiger charge is -2.10. The highest BCUT2D eigenvalue weighted by atomic mass is 16.5. The van der Waals surface area contributed by atoms with Gasteiger partial charge in [-0.3, -0.25) is 0 Å². The zero-order chi connectivity index (χ0) is 8.53. The van der Waals surface area contributed by atoms with Crippen molar-refractivity contribution in [1.82, 2.24) is 5.32 Å². The topological polar surface area (TPSA) is 47.3 Å². The average molecular weight is 160 g/mol. The van der Waals surface area contributed by atoms with Crippen molar-refractivity contribution in [2.75, 3.05) is 26.3 Å². The summed E-state index contributed by atoms with van der Waals surface area (Å²) in [6, 6.07) is 0.594. The molecule has 0 aliphatic heterocycles. The molecule has 0 saturated carbocycles. The summed E-state index contributed by atoms with van der Waals surface area (Å²) in [7, 11) is 0. The summed E-state index contributed by atoms with van der Waals surface area (Å²) >= 11 is 0. The first-order valence-corrected chi connectivity index (χ1v) is 4.32. The second-order valence-electron chi connectivity index (χ2n) is 2.66. The van der Waals surface area contributed by atoms with E-state index in [0.29, 0.717) is 19.2 Å². The molecule has 0 spiro atoms. The molecule has 0 heterocycles. The molecule has 0 aromatic carbocycles. The fourth-order valence-electron chi connectivity index (χ4n) is 0.707. The van der Waals surface area contributed by atoms with Crippen LogP contribution in [0.2, 0.25) is 0 Å².